The van der Waals surface area contributed by atoms with E-state index in [4.69, 9.17) is 0 Å². The molecule has 0 aliphatic heterocycles. The third-order valence-corrected chi connectivity index (χ3v) is 2.66. The van der Waals surface area contributed by atoms with E-state index >= 15 is 0 Å². The number of anilines is 1. The smallest absolute Gasteiger partial charge is 0.259 e. The molecule has 0 aromatic carbocycles. The molecule has 0 fully saturated rings. The molecule has 3 aromatic heterocycles. The molecular formula is C13H9FN4O. The number of pyridine rings is 2. The predicted molar refractivity (Wildman–Crippen MR) is 67.3 cm³/mol. The molecule has 0 spiro atoms. The number of halogens is 1. The molecule has 1 amide bonds. The van der Waals surface area contributed by atoms with Crippen molar-refractivity contribution in [2.75, 3.05) is 5.32 Å². The Hall–Kier alpha value is -2.76. The first-order valence-electron chi connectivity index (χ1n) is 5.59. The second-order valence-corrected chi connectivity index (χ2v) is 3.91. The van der Waals surface area contributed by atoms with Gasteiger partial charge in [-0.05, 0) is 24.3 Å². The topological polar surface area (TPSA) is 59.3 Å². The maximum atomic E-state index is 12.7. The molecule has 0 aliphatic carbocycles. The number of hydrogen-bond donors (Lipinski definition) is 1. The average Bonchev–Trinajstić information content (AvgIpc) is 2.85. The second kappa shape index (κ2) is 4.49. The largest absolute Gasteiger partial charge is 0.320 e. The monoisotopic (exact) mass is 256 g/mol. The van der Waals surface area contributed by atoms with Gasteiger partial charge in [-0.1, -0.05) is 6.07 Å². The Morgan fingerprint density at radius 1 is 1.21 bits per heavy atom. The summed E-state index contributed by atoms with van der Waals surface area (Å²) < 4.78 is 14.3. The van der Waals surface area contributed by atoms with Crippen LogP contribution in [0.2, 0.25) is 0 Å². The first-order chi connectivity index (χ1) is 9.24. The van der Waals surface area contributed by atoms with Crippen molar-refractivity contribution >= 4 is 17.1 Å². The third kappa shape index (κ3) is 2.15. The maximum absolute atomic E-state index is 12.7. The number of nitrogens with zero attached hydrogens (tertiary/aromatic N) is 3. The Morgan fingerprint density at radius 2 is 2.11 bits per heavy atom. The number of carbonyl (C=O) groups is 1. The zero-order valence-corrected chi connectivity index (χ0v) is 9.75. The van der Waals surface area contributed by atoms with Gasteiger partial charge in [0.2, 0.25) is 5.95 Å². The number of fused-ring (bicyclic) bond motifs is 1. The van der Waals surface area contributed by atoms with E-state index in [1.807, 2.05) is 12.1 Å². The van der Waals surface area contributed by atoms with Crippen LogP contribution in [0.5, 0.6) is 0 Å². The minimum atomic E-state index is -0.589. The van der Waals surface area contributed by atoms with Gasteiger partial charge in [0, 0.05) is 6.20 Å². The van der Waals surface area contributed by atoms with Crippen molar-refractivity contribution in [2.45, 2.75) is 0 Å². The van der Waals surface area contributed by atoms with Crippen LogP contribution in [0.25, 0.3) is 5.52 Å². The molecule has 94 valence electrons. The van der Waals surface area contributed by atoms with Gasteiger partial charge in [-0.15, -0.1) is 0 Å². The van der Waals surface area contributed by atoms with Crippen LogP contribution in [0.15, 0.2) is 48.9 Å². The van der Waals surface area contributed by atoms with Crippen LogP contribution in [-0.4, -0.2) is 20.5 Å². The summed E-state index contributed by atoms with van der Waals surface area (Å²) in [5, 5.41) is 6.72. The zero-order chi connectivity index (χ0) is 13.2. The fourth-order valence-electron chi connectivity index (χ4n) is 1.76. The normalized spacial score (nSPS) is 10.6. The quantitative estimate of drug-likeness (QED) is 0.714. The van der Waals surface area contributed by atoms with Crippen LogP contribution in [0, 0.1) is 5.95 Å². The summed E-state index contributed by atoms with van der Waals surface area (Å²) in [6.07, 6.45) is 4.51. The van der Waals surface area contributed by atoms with E-state index in [0.29, 0.717) is 16.8 Å². The van der Waals surface area contributed by atoms with E-state index in [0.717, 1.165) is 0 Å². The van der Waals surface area contributed by atoms with Gasteiger partial charge >= 0.3 is 0 Å². The molecule has 0 aliphatic rings. The summed E-state index contributed by atoms with van der Waals surface area (Å²) in [6, 6.07) is 8.08. The third-order valence-electron chi connectivity index (χ3n) is 2.66. The summed E-state index contributed by atoms with van der Waals surface area (Å²) in [5.74, 6) is -0.899. The molecule has 0 radical (unpaired) electrons. The first-order valence-corrected chi connectivity index (χ1v) is 5.59. The molecule has 0 saturated heterocycles. The maximum Gasteiger partial charge on any atom is 0.259 e. The summed E-state index contributed by atoms with van der Waals surface area (Å²) in [5.41, 5.74) is 1.58. The average molecular weight is 256 g/mol. The lowest BCUT2D eigenvalue weighted by atomic mass is 10.2. The minimum absolute atomic E-state index is 0.311. The Kier molecular flexibility index (Phi) is 2.68. The summed E-state index contributed by atoms with van der Waals surface area (Å²) >= 11 is 0. The van der Waals surface area contributed by atoms with E-state index in [1.165, 1.54) is 24.5 Å². The number of nitrogens with one attached hydrogen (secondary N) is 1. The molecular weight excluding hydrogens is 247 g/mol. The highest BCUT2D eigenvalue weighted by Crippen LogP contribution is 2.13. The Bertz CT molecular complexity index is 736. The highest BCUT2D eigenvalue weighted by molar-refractivity contribution is 6.08. The Morgan fingerprint density at radius 3 is 2.89 bits per heavy atom. The predicted octanol–water partition coefficient (Wildman–Crippen LogP) is 2.12. The number of amides is 1. The molecule has 3 rings (SSSR count). The van der Waals surface area contributed by atoms with Gasteiger partial charge in [-0.2, -0.15) is 9.49 Å². The summed E-state index contributed by atoms with van der Waals surface area (Å²) in [6.45, 7) is 0. The standard InChI is InChI=1S/C13H9FN4O/c14-12-5-4-9(7-15-12)17-13(19)10-8-16-18-6-2-1-3-11(10)18/h1-8H,(H,17,19). The van der Waals surface area contributed by atoms with Crippen molar-refractivity contribution in [1.82, 2.24) is 14.6 Å². The zero-order valence-electron chi connectivity index (χ0n) is 9.75. The van der Waals surface area contributed by atoms with Crippen LogP contribution in [-0.2, 0) is 0 Å². The van der Waals surface area contributed by atoms with Gasteiger partial charge in [0.25, 0.3) is 5.91 Å². The van der Waals surface area contributed by atoms with Crippen molar-refractivity contribution in [1.29, 1.82) is 0 Å². The van der Waals surface area contributed by atoms with Crippen LogP contribution in [0.4, 0.5) is 10.1 Å². The molecule has 6 heteroatoms. The number of hydrogen-bond acceptors (Lipinski definition) is 3. The van der Waals surface area contributed by atoms with E-state index in [-0.39, 0.29) is 5.91 Å². The lowest BCUT2D eigenvalue weighted by Crippen LogP contribution is -2.11. The molecule has 3 heterocycles. The van der Waals surface area contributed by atoms with E-state index in [2.05, 4.69) is 15.4 Å². The molecule has 0 unspecified atom stereocenters. The molecule has 0 bridgehead atoms. The van der Waals surface area contributed by atoms with Gasteiger partial charge in [0.1, 0.15) is 0 Å². The van der Waals surface area contributed by atoms with Crippen molar-refractivity contribution in [3.63, 3.8) is 0 Å². The Labute approximate surface area is 107 Å². The highest BCUT2D eigenvalue weighted by Gasteiger charge is 2.12. The molecule has 0 saturated carbocycles. The second-order valence-electron chi connectivity index (χ2n) is 3.91. The van der Waals surface area contributed by atoms with Crippen molar-refractivity contribution in [3.8, 4) is 0 Å². The summed E-state index contributed by atoms with van der Waals surface area (Å²) in [7, 11) is 0. The molecule has 3 aromatic rings. The van der Waals surface area contributed by atoms with Crippen LogP contribution in [0.1, 0.15) is 10.4 Å². The Balaban J connectivity index is 1.90. The minimum Gasteiger partial charge on any atom is -0.320 e. The van der Waals surface area contributed by atoms with Gasteiger partial charge < -0.3 is 5.32 Å². The highest BCUT2D eigenvalue weighted by atomic mass is 19.1. The molecule has 0 atom stereocenters. The van der Waals surface area contributed by atoms with E-state index < -0.39 is 5.95 Å². The van der Waals surface area contributed by atoms with Crippen molar-refractivity contribution in [2.24, 2.45) is 0 Å². The van der Waals surface area contributed by atoms with Crippen LogP contribution in [0.3, 0.4) is 0 Å². The van der Waals surface area contributed by atoms with Crippen molar-refractivity contribution < 1.29 is 9.18 Å². The van der Waals surface area contributed by atoms with Gasteiger partial charge in [-0.25, -0.2) is 9.50 Å². The first kappa shape index (κ1) is 11.3. The lowest BCUT2D eigenvalue weighted by molar-refractivity contribution is 0.102. The van der Waals surface area contributed by atoms with Gasteiger partial charge in [-0.3, -0.25) is 4.79 Å². The number of aromatic nitrogens is 3. The molecule has 19 heavy (non-hydrogen) atoms. The van der Waals surface area contributed by atoms with Crippen molar-refractivity contribution in [3.05, 3.63) is 60.4 Å². The number of carbonyl (C=O) groups excluding carboxylic acids is 1. The van der Waals surface area contributed by atoms with E-state index in [1.54, 1.807) is 16.8 Å². The van der Waals surface area contributed by atoms with Gasteiger partial charge in [0.05, 0.1) is 29.2 Å². The van der Waals surface area contributed by atoms with Crippen LogP contribution < -0.4 is 5.32 Å². The summed E-state index contributed by atoms with van der Waals surface area (Å²) in [4.78, 5) is 15.6. The SMILES string of the molecule is O=C(Nc1ccc(F)nc1)c1cnn2ccccc12. The van der Waals surface area contributed by atoms with Crippen LogP contribution >= 0.6 is 0 Å². The van der Waals surface area contributed by atoms with Gasteiger partial charge in [0.15, 0.2) is 0 Å². The number of rotatable bonds is 2. The fraction of sp³-hybridized carbons (Fsp3) is 0. The lowest BCUT2D eigenvalue weighted by Gasteiger charge is -2.03. The van der Waals surface area contributed by atoms with E-state index in [9.17, 15) is 9.18 Å². The molecule has 5 nitrogen and oxygen atoms in total. The fourth-order valence-corrected chi connectivity index (χ4v) is 1.76. The molecule has 1 N–H and O–H groups in total.